The minimum absolute atomic E-state index is 0.0407. The van der Waals surface area contributed by atoms with Crippen LogP contribution in [-0.2, 0) is 4.79 Å². The Labute approximate surface area is 106 Å². The molecule has 1 aromatic carbocycles. The molecular weight excluding hydrogens is 289 g/mol. The normalized spacial score (nSPS) is 36.4. The van der Waals surface area contributed by atoms with Crippen molar-refractivity contribution >= 4 is 36.9 Å². The van der Waals surface area contributed by atoms with Crippen LogP contribution in [0.5, 0.6) is 0 Å². The molecule has 3 rings (SSSR count). The van der Waals surface area contributed by atoms with Crippen molar-refractivity contribution < 1.29 is 4.79 Å². The van der Waals surface area contributed by atoms with Crippen LogP contribution in [0.4, 0.5) is 0 Å². The van der Waals surface area contributed by atoms with E-state index in [9.17, 15) is 4.79 Å². The number of hydrogen-bond donors (Lipinski definition) is 1. The van der Waals surface area contributed by atoms with Crippen LogP contribution in [0, 0.1) is 5.92 Å². The molecule has 1 heterocycles. The molecule has 1 aromatic rings. The summed E-state index contributed by atoms with van der Waals surface area (Å²) in [6, 6.07) is 10.8. The third kappa shape index (κ3) is 1.67. The zero-order valence-electron chi connectivity index (χ0n) is 8.60. The number of carbonyl (C=O) groups is 1. The van der Waals surface area contributed by atoms with E-state index in [0.29, 0.717) is 25.8 Å². The quantitative estimate of drug-likeness (QED) is 0.639. The van der Waals surface area contributed by atoms with E-state index < -0.39 is 0 Å². The zero-order valence-corrected chi connectivity index (χ0v) is 11.1. The molecular formula is C12H12ClNOSe. The number of rotatable bonds is 2. The number of fused-ring (bicyclic) bond motifs is 2. The molecule has 1 saturated carbocycles. The number of nitrogens with one attached hydrogen (secondary N) is 1. The van der Waals surface area contributed by atoms with Gasteiger partial charge in [0, 0.05) is 0 Å². The first-order valence-electron chi connectivity index (χ1n) is 5.42. The monoisotopic (exact) mass is 301 g/mol. The van der Waals surface area contributed by atoms with Gasteiger partial charge in [-0.15, -0.1) is 0 Å². The van der Waals surface area contributed by atoms with Crippen molar-refractivity contribution in [2.75, 3.05) is 0 Å². The third-order valence-electron chi connectivity index (χ3n) is 3.28. The molecule has 0 unspecified atom stereocenters. The Balaban J connectivity index is 1.76. The van der Waals surface area contributed by atoms with E-state index in [4.69, 9.17) is 11.6 Å². The molecule has 2 fully saturated rings. The van der Waals surface area contributed by atoms with E-state index in [0.717, 1.165) is 6.42 Å². The summed E-state index contributed by atoms with van der Waals surface area (Å²) in [5, 5.41) is 3.09. The summed E-state index contributed by atoms with van der Waals surface area (Å²) in [5.74, 6) is 0.215. The number of carbonyl (C=O) groups excluding carboxylic acids is 1. The molecule has 4 heteroatoms. The van der Waals surface area contributed by atoms with Crippen molar-refractivity contribution in [3.8, 4) is 0 Å². The van der Waals surface area contributed by atoms with Gasteiger partial charge in [-0.1, -0.05) is 0 Å². The maximum absolute atomic E-state index is 11.5. The number of amides is 1. The van der Waals surface area contributed by atoms with Gasteiger partial charge in [0.25, 0.3) is 0 Å². The molecule has 1 aliphatic heterocycles. The van der Waals surface area contributed by atoms with Crippen molar-refractivity contribution in [1.82, 2.24) is 5.32 Å². The number of piperidine rings is 1. The fourth-order valence-electron chi connectivity index (χ4n) is 2.47. The second-order valence-corrected chi connectivity index (χ2v) is 7.43. The van der Waals surface area contributed by atoms with Gasteiger partial charge in [0.1, 0.15) is 0 Å². The van der Waals surface area contributed by atoms with E-state index in [1.807, 2.05) is 6.07 Å². The van der Waals surface area contributed by atoms with Crippen LogP contribution < -0.4 is 9.78 Å². The van der Waals surface area contributed by atoms with Crippen LogP contribution in [0.25, 0.3) is 0 Å². The second-order valence-electron chi connectivity index (χ2n) is 4.30. The molecule has 0 aromatic heterocycles. The van der Waals surface area contributed by atoms with Crippen LogP contribution in [0.1, 0.15) is 6.42 Å². The standard InChI is InChI=1S/C12H12ClNOSe/c13-10-8-6-9(14-12(8)15)11(10)16-7-4-2-1-3-5-7/h1-5,8-11H,6H2,(H,14,15)/t8-,9+,10-,11-/m1/s1. The van der Waals surface area contributed by atoms with Crippen LogP contribution in [0.15, 0.2) is 30.3 Å². The first-order valence-corrected chi connectivity index (χ1v) is 7.70. The predicted octanol–water partition coefficient (Wildman–Crippen LogP) is 0.930. The van der Waals surface area contributed by atoms with Crippen molar-refractivity contribution in [2.45, 2.75) is 22.7 Å². The first-order chi connectivity index (χ1) is 7.75. The summed E-state index contributed by atoms with van der Waals surface area (Å²) in [7, 11) is 0. The average molecular weight is 301 g/mol. The Morgan fingerprint density at radius 1 is 1.31 bits per heavy atom. The summed E-state index contributed by atoms with van der Waals surface area (Å²) >= 11 is 6.74. The average Bonchev–Trinajstić information content (AvgIpc) is 2.80. The molecule has 2 nitrogen and oxygen atoms in total. The molecule has 0 radical (unpaired) electrons. The maximum atomic E-state index is 11.5. The summed E-state index contributed by atoms with van der Waals surface area (Å²) in [6.45, 7) is 0. The van der Waals surface area contributed by atoms with Gasteiger partial charge in [0.15, 0.2) is 0 Å². The Hall–Kier alpha value is -0.501. The molecule has 16 heavy (non-hydrogen) atoms. The van der Waals surface area contributed by atoms with Crippen molar-refractivity contribution in [2.24, 2.45) is 5.92 Å². The number of hydrogen-bond acceptors (Lipinski definition) is 1. The van der Waals surface area contributed by atoms with Crippen molar-refractivity contribution in [1.29, 1.82) is 0 Å². The van der Waals surface area contributed by atoms with E-state index >= 15 is 0 Å². The van der Waals surface area contributed by atoms with E-state index in [1.165, 1.54) is 4.46 Å². The van der Waals surface area contributed by atoms with Gasteiger partial charge in [-0.05, 0) is 0 Å². The molecule has 2 aliphatic rings. The van der Waals surface area contributed by atoms with Crippen LogP contribution in [-0.4, -0.2) is 32.3 Å². The minimum atomic E-state index is 0.0407. The Morgan fingerprint density at radius 3 is 2.69 bits per heavy atom. The molecule has 4 atom stereocenters. The van der Waals surface area contributed by atoms with E-state index in [-0.39, 0.29) is 17.2 Å². The van der Waals surface area contributed by atoms with Gasteiger partial charge in [-0.2, -0.15) is 0 Å². The van der Waals surface area contributed by atoms with E-state index in [2.05, 4.69) is 29.6 Å². The van der Waals surface area contributed by atoms with Crippen LogP contribution >= 0.6 is 11.6 Å². The van der Waals surface area contributed by atoms with E-state index in [1.54, 1.807) is 0 Å². The second kappa shape index (κ2) is 4.06. The Kier molecular flexibility index (Phi) is 2.70. The molecule has 1 aliphatic carbocycles. The van der Waals surface area contributed by atoms with Gasteiger partial charge < -0.3 is 0 Å². The summed E-state index contributed by atoms with van der Waals surface area (Å²) in [5.41, 5.74) is 0. The molecule has 0 spiro atoms. The van der Waals surface area contributed by atoms with Gasteiger partial charge in [-0.3, -0.25) is 0 Å². The third-order valence-corrected chi connectivity index (χ3v) is 7.21. The predicted molar refractivity (Wildman–Crippen MR) is 65.3 cm³/mol. The fourth-order valence-corrected chi connectivity index (χ4v) is 5.84. The van der Waals surface area contributed by atoms with Crippen LogP contribution in [0.2, 0.25) is 4.82 Å². The van der Waals surface area contributed by atoms with Crippen molar-refractivity contribution in [3.05, 3.63) is 30.3 Å². The molecule has 1 saturated heterocycles. The zero-order chi connectivity index (χ0) is 11.1. The number of benzene rings is 1. The SMILES string of the molecule is O=C1N[C@H]2C[C@@H]1[C@@H](Cl)[C@@H]2[Se]c1ccccc1. The summed E-state index contributed by atoms with van der Waals surface area (Å²) < 4.78 is 1.37. The summed E-state index contributed by atoms with van der Waals surface area (Å²) in [4.78, 5) is 11.9. The topological polar surface area (TPSA) is 29.1 Å². The van der Waals surface area contributed by atoms with Gasteiger partial charge in [0.05, 0.1) is 0 Å². The Bertz CT molecular complexity index is 409. The molecule has 1 N–H and O–H groups in total. The fraction of sp³-hybridized carbons (Fsp3) is 0.417. The first kappa shape index (κ1) is 10.6. The molecule has 2 bridgehead atoms. The van der Waals surface area contributed by atoms with Gasteiger partial charge in [-0.25, -0.2) is 0 Å². The molecule has 84 valence electrons. The molecule has 1 amide bonds. The van der Waals surface area contributed by atoms with Gasteiger partial charge >= 0.3 is 106 Å². The number of halogens is 1. The number of alkyl halides is 1. The van der Waals surface area contributed by atoms with Gasteiger partial charge in [0.2, 0.25) is 0 Å². The van der Waals surface area contributed by atoms with Crippen LogP contribution in [0.3, 0.4) is 0 Å². The van der Waals surface area contributed by atoms with Crippen molar-refractivity contribution in [3.63, 3.8) is 0 Å². The Morgan fingerprint density at radius 2 is 2.06 bits per heavy atom. The summed E-state index contributed by atoms with van der Waals surface area (Å²) in [6.07, 6.45) is 0.937.